The van der Waals surface area contributed by atoms with Gasteiger partial charge in [-0.15, -0.1) is 0 Å². The van der Waals surface area contributed by atoms with Gasteiger partial charge in [0, 0.05) is 19.3 Å². The van der Waals surface area contributed by atoms with Gasteiger partial charge >= 0.3 is 0 Å². The minimum Gasteiger partial charge on any atom is -0.300 e. The van der Waals surface area contributed by atoms with Crippen molar-refractivity contribution in [2.75, 3.05) is 0 Å². The van der Waals surface area contributed by atoms with Crippen molar-refractivity contribution >= 4 is 11.6 Å². The van der Waals surface area contributed by atoms with Crippen LogP contribution in [0.25, 0.3) is 0 Å². The third-order valence-electron chi connectivity index (χ3n) is 1.90. The van der Waals surface area contributed by atoms with E-state index < -0.39 is 0 Å². The first-order chi connectivity index (χ1) is 5.61. The van der Waals surface area contributed by atoms with Gasteiger partial charge in [0.1, 0.15) is 5.78 Å². The van der Waals surface area contributed by atoms with Crippen molar-refractivity contribution in [2.45, 2.75) is 40.0 Å². The van der Waals surface area contributed by atoms with Crippen LogP contribution in [-0.2, 0) is 9.59 Å². The fraction of sp³-hybridized carbons (Fsp3) is 0.600. The van der Waals surface area contributed by atoms with Crippen LogP contribution in [0.1, 0.15) is 40.0 Å². The normalized spacial score (nSPS) is 11.4. The Labute approximate surface area is 73.7 Å². The molecule has 0 fully saturated rings. The second-order valence-electron chi connectivity index (χ2n) is 2.79. The number of Topliss-reactive ketones (excluding diaryl/α,β-unsaturated/α-hetero) is 2. The molecule has 12 heavy (non-hydrogen) atoms. The van der Waals surface area contributed by atoms with E-state index >= 15 is 0 Å². The summed E-state index contributed by atoms with van der Waals surface area (Å²) in [4.78, 5) is 22.0. The molecule has 0 saturated heterocycles. The Morgan fingerprint density at radius 3 is 2.25 bits per heavy atom. The first-order valence-electron chi connectivity index (χ1n) is 4.29. The van der Waals surface area contributed by atoms with Crippen molar-refractivity contribution in [2.24, 2.45) is 0 Å². The van der Waals surface area contributed by atoms with Gasteiger partial charge < -0.3 is 0 Å². The standard InChI is InChI=1S/C10H16O2/c1-4-8(3)10(12)7-6-9(11)5-2/h4H,5-7H2,1-3H3/b8-4+. The summed E-state index contributed by atoms with van der Waals surface area (Å²) >= 11 is 0. The predicted octanol–water partition coefficient (Wildman–Crippen LogP) is 2.28. The molecule has 0 aromatic heterocycles. The van der Waals surface area contributed by atoms with Gasteiger partial charge in [0.15, 0.2) is 5.78 Å². The molecule has 0 aliphatic rings. The molecule has 0 spiro atoms. The Kier molecular flexibility index (Phi) is 5.26. The molecule has 0 radical (unpaired) electrons. The average molecular weight is 168 g/mol. The van der Waals surface area contributed by atoms with Crippen molar-refractivity contribution in [3.63, 3.8) is 0 Å². The van der Waals surface area contributed by atoms with Crippen molar-refractivity contribution in [3.05, 3.63) is 11.6 Å². The van der Waals surface area contributed by atoms with E-state index in [0.29, 0.717) is 19.3 Å². The van der Waals surface area contributed by atoms with E-state index in [1.807, 2.05) is 13.8 Å². The van der Waals surface area contributed by atoms with Crippen molar-refractivity contribution < 1.29 is 9.59 Å². The molecule has 0 bridgehead atoms. The lowest BCUT2D eigenvalue weighted by Crippen LogP contribution is -2.03. The summed E-state index contributed by atoms with van der Waals surface area (Å²) < 4.78 is 0. The smallest absolute Gasteiger partial charge is 0.158 e. The lowest BCUT2D eigenvalue weighted by Gasteiger charge is -1.98. The Balaban J connectivity index is 3.80. The summed E-state index contributed by atoms with van der Waals surface area (Å²) in [5.41, 5.74) is 0.749. The van der Waals surface area contributed by atoms with Gasteiger partial charge in [-0.05, 0) is 19.4 Å². The van der Waals surface area contributed by atoms with Crippen LogP contribution in [0.2, 0.25) is 0 Å². The number of hydrogen-bond acceptors (Lipinski definition) is 2. The lowest BCUT2D eigenvalue weighted by atomic mass is 10.1. The number of ketones is 2. The third-order valence-corrected chi connectivity index (χ3v) is 1.90. The van der Waals surface area contributed by atoms with Crippen LogP contribution in [0.3, 0.4) is 0 Å². The number of hydrogen-bond donors (Lipinski definition) is 0. The highest BCUT2D eigenvalue weighted by molar-refractivity contribution is 5.96. The maximum atomic E-state index is 11.2. The molecule has 68 valence electrons. The topological polar surface area (TPSA) is 34.1 Å². The van der Waals surface area contributed by atoms with Crippen LogP contribution in [0.15, 0.2) is 11.6 Å². The van der Waals surface area contributed by atoms with Gasteiger partial charge in [0.2, 0.25) is 0 Å². The van der Waals surface area contributed by atoms with Gasteiger partial charge in [0.25, 0.3) is 0 Å². The molecule has 0 unspecified atom stereocenters. The van der Waals surface area contributed by atoms with E-state index in [0.717, 1.165) is 5.57 Å². The van der Waals surface area contributed by atoms with Gasteiger partial charge in [-0.1, -0.05) is 13.0 Å². The lowest BCUT2D eigenvalue weighted by molar-refractivity contribution is -0.122. The molecule has 0 atom stereocenters. The zero-order chi connectivity index (χ0) is 9.56. The molecule has 0 heterocycles. The zero-order valence-corrected chi connectivity index (χ0v) is 8.02. The molecule has 0 amide bonds. The molecule has 0 aromatic rings. The molecular formula is C10H16O2. The Morgan fingerprint density at radius 2 is 1.83 bits per heavy atom. The molecule has 0 N–H and O–H groups in total. The van der Waals surface area contributed by atoms with E-state index in [-0.39, 0.29) is 11.6 Å². The van der Waals surface area contributed by atoms with Crippen LogP contribution >= 0.6 is 0 Å². The summed E-state index contributed by atoms with van der Waals surface area (Å²) in [7, 11) is 0. The molecule has 0 saturated carbocycles. The molecule has 0 aliphatic carbocycles. The SMILES string of the molecule is C/C=C(\C)C(=O)CCC(=O)CC. The van der Waals surface area contributed by atoms with Gasteiger partial charge in [-0.3, -0.25) is 9.59 Å². The summed E-state index contributed by atoms with van der Waals surface area (Å²) in [5, 5.41) is 0. The Bertz CT molecular complexity index is 202. The van der Waals surface area contributed by atoms with Crippen LogP contribution < -0.4 is 0 Å². The van der Waals surface area contributed by atoms with Crippen molar-refractivity contribution in [3.8, 4) is 0 Å². The average Bonchev–Trinajstić information content (AvgIpc) is 2.11. The van der Waals surface area contributed by atoms with E-state index in [1.54, 1.807) is 13.0 Å². The van der Waals surface area contributed by atoms with Crippen molar-refractivity contribution in [1.29, 1.82) is 0 Å². The van der Waals surface area contributed by atoms with Gasteiger partial charge in [-0.2, -0.15) is 0 Å². The number of carbonyl (C=O) groups excluding carboxylic acids is 2. The Morgan fingerprint density at radius 1 is 1.25 bits per heavy atom. The minimum absolute atomic E-state index is 0.0827. The van der Waals surface area contributed by atoms with Gasteiger partial charge in [-0.25, -0.2) is 0 Å². The maximum Gasteiger partial charge on any atom is 0.158 e. The minimum atomic E-state index is 0.0827. The van der Waals surface area contributed by atoms with Crippen LogP contribution in [-0.4, -0.2) is 11.6 Å². The maximum absolute atomic E-state index is 11.2. The number of carbonyl (C=O) groups is 2. The summed E-state index contributed by atoms with van der Waals surface area (Å²) in [6.07, 6.45) is 3.06. The quantitative estimate of drug-likeness (QED) is 0.590. The van der Waals surface area contributed by atoms with Gasteiger partial charge in [0.05, 0.1) is 0 Å². The second kappa shape index (κ2) is 5.70. The Hall–Kier alpha value is -0.920. The molecule has 2 nitrogen and oxygen atoms in total. The highest BCUT2D eigenvalue weighted by Crippen LogP contribution is 2.03. The largest absolute Gasteiger partial charge is 0.300 e. The highest BCUT2D eigenvalue weighted by Gasteiger charge is 2.05. The third kappa shape index (κ3) is 4.06. The molecule has 2 heteroatoms. The van der Waals surface area contributed by atoms with E-state index in [9.17, 15) is 9.59 Å². The van der Waals surface area contributed by atoms with E-state index in [4.69, 9.17) is 0 Å². The van der Waals surface area contributed by atoms with Crippen LogP contribution in [0, 0.1) is 0 Å². The van der Waals surface area contributed by atoms with E-state index in [1.165, 1.54) is 0 Å². The first-order valence-corrected chi connectivity index (χ1v) is 4.29. The van der Waals surface area contributed by atoms with Crippen LogP contribution in [0.5, 0.6) is 0 Å². The van der Waals surface area contributed by atoms with Crippen LogP contribution in [0.4, 0.5) is 0 Å². The fourth-order valence-electron chi connectivity index (χ4n) is 0.788. The molecule has 0 aromatic carbocycles. The summed E-state index contributed by atoms with van der Waals surface area (Å²) in [5.74, 6) is 0.242. The molecule has 0 aliphatic heterocycles. The zero-order valence-electron chi connectivity index (χ0n) is 8.02. The number of allylic oxidation sites excluding steroid dienone is 2. The predicted molar refractivity (Wildman–Crippen MR) is 49.0 cm³/mol. The summed E-state index contributed by atoms with van der Waals surface area (Å²) in [6.45, 7) is 5.42. The first kappa shape index (κ1) is 11.1. The second-order valence-corrected chi connectivity index (χ2v) is 2.79. The molecular weight excluding hydrogens is 152 g/mol. The monoisotopic (exact) mass is 168 g/mol. The highest BCUT2D eigenvalue weighted by atomic mass is 16.1. The number of rotatable bonds is 5. The van der Waals surface area contributed by atoms with Crippen molar-refractivity contribution in [1.82, 2.24) is 0 Å². The van der Waals surface area contributed by atoms with E-state index in [2.05, 4.69) is 0 Å². The molecule has 0 rings (SSSR count). The fourth-order valence-corrected chi connectivity index (χ4v) is 0.788. The summed E-state index contributed by atoms with van der Waals surface area (Å²) in [6, 6.07) is 0.